The van der Waals surface area contributed by atoms with E-state index < -0.39 is 5.97 Å². The zero-order valence-electron chi connectivity index (χ0n) is 18.3. The molecule has 0 saturated carbocycles. The Balaban J connectivity index is 1.92. The summed E-state index contributed by atoms with van der Waals surface area (Å²) in [5.74, 6) is 10.9. The predicted molar refractivity (Wildman–Crippen MR) is 123 cm³/mol. The van der Waals surface area contributed by atoms with Crippen molar-refractivity contribution in [2.45, 2.75) is 103 Å². The van der Waals surface area contributed by atoms with Crippen molar-refractivity contribution in [3.05, 3.63) is 35.4 Å². The second kappa shape index (κ2) is 17.9. The fourth-order valence-corrected chi connectivity index (χ4v) is 3.31. The summed E-state index contributed by atoms with van der Waals surface area (Å²) < 4.78 is 0. The van der Waals surface area contributed by atoms with E-state index in [-0.39, 0.29) is 5.56 Å². The van der Waals surface area contributed by atoms with E-state index in [1.54, 1.807) is 24.3 Å². The topological polar surface area (TPSA) is 37.3 Å². The number of unbranched alkanes of at least 4 members (excludes halogenated alkanes) is 14. The van der Waals surface area contributed by atoms with Gasteiger partial charge in [0.05, 0.1) is 5.56 Å². The Bertz CT molecular complexity index is 664. The summed E-state index contributed by atoms with van der Waals surface area (Å²) in [6, 6.07) is 6.56. The van der Waals surface area contributed by atoms with Crippen LogP contribution < -0.4 is 0 Å². The van der Waals surface area contributed by atoms with Crippen molar-refractivity contribution in [3.63, 3.8) is 0 Å². The zero-order valence-corrected chi connectivity index (χ0v) is 18.3. The molecule has 0 unspecified atom stereocenters. The van der Waals surface area contributed by atoms with Crippen LogP contribution in [0.2, 0.25) is 0 Å². The Morgan fingerprint density at radius 1 is 0.724 bits per heavy atom. The van der Waals surface area contributed by atoms with Crippen molar-refractivity contribution in [3.8, 4) is 23.7 Å². The van der Waals surface area contributed by atoms with Crippen LogP contribution in [0, 0.1) is 23.7 Å². The van der Waals surface area contributed by atoms with Crippen LogP contribution in [0.25, 0.3) is 0 Å². The van der Waals surface area contributed by atoms with Gasteiger partial charge in [0.15, 0.2) is 0 Å². The summed E-state index contributed by atoms with van der Waals surface area (Å²) in [5, 5.41) is 8.86. The molecule has 0 radical (unpaired) electrons. The molecular weight excluding hydrogens is 356 g/mol. The van der Waals surface area contributed by atoms with Gasteiger partial charge in [0.1, 0.15) is 0 Å². The molecule has 0 atom stereocenters. The maximum Gasteiger partial charge on any atom is 0.335 e. The molecule has 0 aliphatic carbocycles. The molecule has 0 aliphatic heterocycles. The predicted octanol–water partition coefficient (Wildman–Crippen LogP) is 7.61. The smallest absolute Gasteiger partial charge is 0.335 e. The summed E-state index contributed by atoms with van der Waals surface area (Å²) in [5.41, 5.74) is 1.07. The molecule has 1 rings (SSSR count). The van der Waals surface area contributed by atoms with Crippen molar-refractivity contribution in [1.82, 2.24) is 0 Å². The molecule has 0 aliphatic rings. The van der Waals surface area contributed by atoms with Gasteiger partial charge >= 0.3 is 5.97 Å². The first-order valence-corrected chi connectivity index (χ1v) is 11.6. The summed E-state index contributed by atoms with van der Waals surface area (Å²) in [7, 11) is 0. The molecule has 29 heavy (non-hydrogen) atoms. The van der Waals surface area contributed by atoms with Crippen LogP contribution in [0.1, 0.15) is 119 Å². The van der Waals surface area contributed by atoms with E-state index >= 15 is 0 Å². The number of carbonyl (C=O) groups is 1. The van der Waals surface area contributed by atoms with E-state index in [0.717, 1.165) is 18.4 Å². The minimum Gasteiger partial charge on any atom is -0.478 e. The average Bonchev–Trinajstić information content (AvgIpc) is 2.73. The third-order valence-corrected chi connectivity index (χ3v) is 5.14. The van der Waals surface area contributed by atoms with Crippen molar-refractivity contribution in [2.24, 2.45) is 0 Å². The third kappa shape index (κ3) is 14.5. The first-order chi connectivity index (χ1) is 14.2. The summed E-state index contributed by atoms with van der Waals surface area (Å²) in [6.07, 6.45) is 20.1. The van der Waals surface area contributed by atoms with Crippen molar-refractivity contribution in [1.29, 1.82) is 0 Å². The molecule has 0 aromatic heterocycles. The first-order valence-electron chi connectivity index (χ1n) is 11.6. The van der Waals surface area contributed by atoms with E-state index in [0.29, 0.717) is 0 Å². The number of aromatic carboxylic acids is 1. The van der Waals surface area contributed by atoms with E-state index in [1.807, 2.05) is 0 Å². The highest BCUT2D eigenvalue weighted by Crippen LogP contribution is 2.13. The van der Waals surface area contributed by atoms with Crippen LogP contribution >= 0.6 is 0 Å². The van der Waals surface area contributed by atoms with Crippen LogP contribution in [-0.4, -0.2) is 11.1 Å². The molecule has 0 spiro atoms. The van der Waals surface area contributed by atoms with Crippen LogP contribution in [0.3, 0.4) is 0 Å². The molecule has 2 nitrogen and oxygen atoms in total. The Labute approximate surface area is 178 Å². The monoisotopic (exact) mass is 394 g/mol. The van der Waals surface area contributed by atoms with Crippen LogP contribution in [0.4, 0.5) is 0 Å². The maximum atomic E-state index is 10.8. The lowest BCUT2D eigenvalue weighted by Crippen LogP contribution is -1.94. The lowest BCUT2D eigenvalue weighted by atomic mass is 10.0. The number of rotatable bonds is 15. The van der Waals surface area contributed by atoms with Gasteiger partial charge < -0.3 is 5.11 Å². The number of carboxylic acids is 1. The second-order valence-electron chi connectivity index (χ2n) is 7.78. The van der Waals surface area contributed by atoms with Gasteiger partial charge in [-0.25, -0.2) is 4.79 Å². The van der Waals surface area contributed by atoms with Gasteiger partial charge in [0.25, 0.3) is 0 Å². The Morgan fingerprint density at radius 3 is 1.69 bits per heavy atom. The minimum absolute atomic E-state index is 0.277. The number of hydrogen-bond donors (Lipinski definition) is 1. The zero-order chi connectivity index (χ0) is 21.0. The number of benzene rings is 1. The van der Waals surface area contributed by atoms with Crippen LogP contribution in [-0.2, 0) is 0 Å². The Morgan fingerprint density at radius 2 is 1.21 bits per heavy atom. The summed E-state index contributed by atoms with van der Waals surface area (Å²) >= 11 is 0. The van der Waals surface area contributed by atoms with E-state index in [4.69, 9.17) is 5.11 Å². The van der Waals surface area contributed by atoms with Crippen molar-refractivity contribution in [2.75, 3.05) is 0 Å². The largest absolute Gasteiger partial charge is 0.478 e. The Hall–Kier alpha value is -2.19. The highest BCUT2D eigenvalue weighted by molar-refractivity contribution is 5.87. The first kappa shape index (κ1) is 24.8. The van der Waals surface area contributed by atoms with Gasteiger partial charge in [-0.3, -0.25) is 0 Å². The second-order valence-corrected chi connectivity index (χ2v) is 7.78. The molecule has 0 saturated heterocycles. The van der Waals surface area contributed by atoms with Crippen molar-refractivity contribution < 1.29 is 9.90 Å². The maximum absolute atomic E-state index is 10.8. The van der Waals surface area contributed by atoms with Crippen LogP contribution in [0.15, 0.2) is 24.3 Å². The number of hydrogen-bond acceptors (Lipinski definition) is 1. The lowest BCUT2D eigenvalue weighted by Gasteiger charge is -2.02. The molecule has 158 valence electrons. The van der Waals surface area contributed by atoms with Gasteiger partial charge in [-0.15, -0.1) is 0 Å². The van der Waals surface area contributed by atoms with E-state index in [1.165, 1.54) is 83.5 Å². The fourth-order valence-electron chi connectivity index (χ4n) is 3.31. The molecule has 1 aromatic rings. The quantitative estimate of drug-likeness (QED) is 0.245. The third-order valence-electron chi connectivity index (χ3n) is 5.14. The molecule has 0 fully saturated rings. The normalized spacial score (nSPS) is 9.97. The van der Waals surface area contributed by atoms with Gasteiger partial charge in [-0.2, -0.15) is 0 Å². The van der Waals surface area contributed by atoms with Crippen molar-refractivity contribution >= 4 is 5.97 Å². The highest BCUT2D eigenvalue weighted by atomic mass is 16.4. The average molecular weight is 395 g/mol. The summed E-state index contributed by atoms with van der Waals surface area (Å²) in [4.78, 5) is 10.8. The molecule has 0 heterocycles. The van der Waals surface area contributed by atoms with E-state index in [2.05, 4.69) is 30.6 Å². The molecule has 1 aromatic carbocycles. The summed E-state index contributed by atoms with van der Waals surface area (Å²) in [6.45, 7) is 2.27. The van der Waals surface area contributed by atoms with Crippen LogP contribution in [0.5, 0.6) is 0 Å². The lowest BCUT2D eigenvalue weighted by molar-refractivity contribution is 0.0697. The molecule has 2 heteroatoms. The Kier molecular flexibility index (Phi) is 15.3. The van der Waals surface area contributed by atoms with E-state index in [9.17, 15) is 4.79 Å². The molecule has 1 N–H and O–H groups in total. The number of carboxylic acid groups (broad SMARTS) is 1. The molecular formula is C27H38O2. The molecule has 0 bridgehead atoms. The van der Waals surface area contributed by atoms with Gasteiger partial charge in [-0.1, -0.05) is 102 Å². The standard InChI is InChI=1S/C27H38O2/c1-2-3-4-5-6-7-8-9-10-11-12-13-14-15-16-17-18-19-20-25-21-23-26(24-22-25)27(28)29/h21-24H,2-16H2,1H3,(H,28,29). The molecule has 0 amide bonds. The SMILES string of the molecule is CCCCCCCCCCCCCCCCC#CC#Cc1ccc(C(=O)O)cc1. The van der Waals surface area contributed by atoms with Gasteiger partial charge in [0, 0.05) is 12.0 Å². The highest BCUT2D eigenvalue weighted by Gasteiger charge is 1.99. The fraction of sp³-hybridized carbons (Fsp3) is 0.593. The van der Waals surface area contributed by atoms with Gasteiger partial charge in [0.2, 0.25) is 0 Å². The van der Waals surface area contributed by atoms with Gasteiger partial charge in [-0.05, 0) is 42.5 Å². The minimum atomic E-state index is -0.919.